The van der Waals surface area contributed by atoms with Gasteiger partial charge in [-0.25, -0.2) is 4.99 Å². The molecule has 1 aliphatic rings. The summed E-state index contributed by atoms with van der Waals surface area (Å²) in [5, 5.41) is 4.35. The molecule has 0 atom stereocenters. The van der Waals surface area contributed by atoms with Gasteiger partial charge in [-0.1, -0.05) is 30.7 Å². The van der Waals surface area contributed by atoms with E-state index in [2.05, 4.69) is 33.5 Å². The molecule has 1 fully saturated rings. The van der Waals surface area contributed by atoms with Crippen LogP contribution in [-0.4, -0.2) is 17.5 Å². The number of nitrogens with two attached hydrogens (primary N) is 1. The number of fused-ring (bicyclic) bond motifs is 1. The number of benzene rings is 1. The molecule has 104 valence electrons. The molecule has 1 aromatic carbocycles. The van der Waals surface area contributed by atoms with Gasteiger partial charge in [0.05, 0.1) is 12.1 Å². The first-order chi connectivity index (χ1) is 9.83. The molecule has 2 aromatic rings. The predicted octanol–water partition coefficient (Wildman–Crippen LogP) is 2.44. The van der Waals surface area contributed by atoms with Gasteiger partial charge in [0.1, 0.15) is 0 Å². The molecule has 4 nitrogen and oxygen atoms in total. The third kappa shape index (κ3) is 2.90. The van der Waals surface area contributed by atoms with Crippen molar-refractivity contribution in [2.45, 2.75) is 25.8 Å². The molecule has 1 aliphatic carbocycles. The highest BCUT2D eigenvalue weighted by Crippen LogP contribution is 2.25. The Bertz CT molecular complexity index is 611. The van der Waals surface area contributed by atoms with Crippen molar-refractivity contribution in [3.05, 3.63) is 42.1 Å². The minimum atomic E-state index is 0.532. The zero-order valence-electron chi connectivity index (χ0n) is 11.5. The van der Waals surface area contributed by atoms with E-state index < -0.39 is 0 Å². The highest BCUT2D eigenvalue weighted by atomic mass is 15.1. The summed E-state index contributed by atoms with van der Waals surface area (Å²) in [6, 6.07) is 10.2. The zero-order valence-corrected chi connectivity index (χ0v) is 11.5. The van der Waals surface area contributed by atoms with Crippen LogP contribution < -0.4 is 11.1 Å². The smallest absolute Gasteiger partial charge is 0.188 e. The molecule has 4 heteroatoms. The molecular weight excluding hydrogens is 248 g/mol. The van der Waals surface area contributed by atoms with Gasteiger partial charge in [0.2, 0.25) is 0 Å². The van der Waals surface area contributed by atoms with Crippen molar-refractivity contribution in [2.75, 3.05) is 6.54 Å². The van der Waals surface area contributed by atoms with E-state index in [1.165, 1.54) is 19.3 Å². The summed E-state index contributed by atoms with van der Waals surface area (Å²) in [7, 11) is 0. The number of para-hydroxylation sites is 1. The lowest BCUT2D eigenvalue weighted by Gasteiger charge is -2.25. The Morgan fingerprint density at radius 2 is 2.15 bits per heavy atom. The second-order valence-electron chi connectivity index (χ2n) is 5.37. The number of guanidine groups is 1. The van der Waals surface area contributed by atoms with Gasteiger partial charge < -0.3 is 11.1 Å². The van der Waals surface area contributed by atoms with Gasteiger partial charge in [-0.3, -0.25) is 4.98 Å². The maximum Gasteiger partial charge on any atom is 0.188 e. The monoisotopic (exact) mass is 268 g/mol. The van der Waals surface area contributed by atoms with Crippen LogP contribution in [0.2, 0.25) is 0 Å². The predicted molar refractivity (Wildman–Crippen MR) is 82.4 cm³/mol. The molecule has 0 spiro atoms. The van der Waals surface area contributed by atoms with E-state index in [9.17, 15) is 0 Å². The van der Waals surface area contributed by atoms with Crippen molar-refractivity contribution < 1.29 is 0 Å². The minimum Gasteiger partial charge on any atom is -0.370 e. The molecule has 1 saturated carbocycles. The van der Waals surface area contributed by atoms with E-state index in [1.807, 2.05) is 18.3 Å². The van der Waals surface area contributed by atoms with Gasteiger partial charge in [0.25, 0.3) is 0 Å². The third-order valence-corrected chi connectivity index (χ3v) is 3.93. The van der Waals surface area contributed by atoms with E-state index in [0.29, 0.717) is 12.5 Å². The number of hydrogen-bond donors (Lipinski definition) is 2. The molecule has 3 N–H and O–H groups in total. The van der Waals surface area contributed by atoms with Crippen LogP contribution in [0.25, 0.3) is 10.9 Å². The van der Waals surface area contributed by atoms with Gasteiger partial charge in [0, 0.05) is 18.1 Å². The molecule has 0 bridgehead atoms. The van der Waals surface area contributed by atoms with E-state index in [4.69, 9.17) is 5.73 Å². The first kappa shape index (κ1) is 12.9. The third-order valence-electron chi connectivity index (χ3n) is 3.93. The van der Waals surface area contributed by atoms with Crippen LogP contribution in [0.4, 0.5) is 0 Å². The Balaban J connectivity index is 1.66. The van der Waals surface area contributed by atoms with Crippen molar-refractivity contribution in [3.8, 4) is 0 Å². The summed E-state index contributed by atoms with van der Waals surface area (Å²) >= 11 is 0. The summed E-state index contributed by atoms with van der Waals surface area (Å²) < 4.78 is 0. The second kappa shape index (κ2) is 5.90. The highest BCUT2D eigenvalue weighted by molar-refractivity contribution is 5.82. The number of nitrogens with zero attached hydrogens (tertiary/aromatic N) is 2. The normalized spacial score (nSPS) is 16.1. The molecule has 0 radical (unpaired) electrons. The zero-order chi connectivity index (χ0) is 13.8. The van der Waals surface area contributed by atoms with Crippen LogP contribution >= 0.6 is 0 Å². The average molecular weight is 268 g/mol. The minimum absolute atomic E-state index is 0.532. The largest absolute Gasteiger partial charge is 0.370 e. The molecule has 0 saturated heterocycles. The van der Waals surface area contributed by atoms with Crippen LogP contribution in [0.5, 0.6) is 0 Å². The second-order valence-corrected chi connectivity index (χ2v) is 5.37. The summed E-state index contributed by atoms with van der Waals surface area (Å²) in [6.45, 7) is 1.51. The Morgan fingerprint density at radius 3 is 2.95 bits per heavy atom. The fraction of sp³-hybridized carbons (Fsp3) is 0.375. The van der Waals surface area contributed by atoms with Gasteiger partial charge in [-0.15, -0.1) is 0 Å². The van der Waals surface area contributed by atoms with Crippen molar-refractivity contribution in [3.63, 3.8) is 0 Å². The summed E-state index contributed by atoms with van der Waals surface area (Å²) in [5.41, 5.74) is 8.02. The molecule has 0 unspecified atom stereocenters. The van der Waals surface area contributed by atoms with Crippen LogP contribution in [0.15, 0.2) is 41.5 Å². The van der Waals surface area contributed by atoms with Crippen LogP contribution in [0.1, 0.15) is 24.8 Å². The van der Waals surface area contributed by atoms with Gasteiger partial charge in [0.15, 0.2) is 5.96 Å². The lowest BCUT2D eigenvalue weighted by Crippen LogP contribution is -2.37. The molecule has 3 rings (SSSR count). The van der Waals surface area contributed by atoms with Crippen molar-refractivity contribution in [1.29, 1.82) is 0 Å². The van der Waals surface area contributed by atoms with E-state index in [0.717, 1.165) is 28.9 Å². The van der Waals surface area contributed by atoms with Crippen molar-refractivity contribution in [2.24, 2.45) is 16.6 Å². The fourth-order valence-electron chi connectivity index (χ4n) is 2.47. The summed E-state index contributed by atoms with van der Waals surface area (Å²) in [4.78, 5) is 8.84. The van der Waals surface area contributed by atoms with Crippen molar-refractivity contribution >= 4 is 16.9 Å². The Labute approximate surface area is 119 Å². The number of nitrogens with one attached hydrogen (secondary N) is 1. The molecule has 0 aliphatic heterocycles. The van der Waals surface area contributed by atoms with E-state index in [1.54, 1.807) is 0 Å². The molecule has 1 heterocycles. The van der Waals surface area contributed by atoms with E-state index >= 15 is 0 Å². The number of aromatic nitrogens is 1. The topological polar surface area (TPSA) is 63.3 Å². The number of rotatable bonds is 4. The first-order valence-electron chi connectivity index (χ1n) is 7.19. The van der Waals surface area contributed by atoms with Crippen molar-refractivity contribution in [1.82, 2.24) is 10.3 Å². The lowest BCUT2D eigenvalue weighted by molar-refractivity contribution is 0.315. The lowest BCUT2D eigenvalue weighted by atomic mass is 9.85. The van der Waals surface area contributed by atoms with Gasteiger partial charge >= 0.3 is 0 Å². The van der Waals surface area contributed by atoms with Gasteiger partial charge in [-0.2, -0.15) is 0 Å². The number of pyridine rings is 1. The quantitative estimate of drug-likeness (QED) is 0.661. The number of aliphatic imine (C=N–C) groups is 1. The van der Waals surface area contributed by atoms with E-state index in [-0.39, 0.29) is 0 Å². The molecule has 1 aromatic heterocycles. The highest BCUT2D eigenvalue weighted by Gasteiger charge is 2.16. The summed E-state index contributed by atoms with van der Waals surface area (Å²) in [5.74, 6) is 1.31. The van der Waals surface area contributed by atoms with Crippen LogP contribution in [0.3, 0.4) is 0 Å². The Kier molecular flexibility index (Phi) is 3.81. The standard InChI is InChI=1S/C16H20N4/c17-16(19-10-12-4-1-5-12)20-11-14-7-2-6-13-8-3-9-18-15(13)14/h2-3,6-9,12H,1,4-5,10-11H2,(H3,17,19,20). The SMILES string of the molecule is NC(=NCc1cccc2cccnc12)NCC1CCC1. The Morgan fingerprint density at radius 1 is 1.30 bits per heavy atom. The molecular formula is C16H20N4. The maximum absolute atomic E-state index is 5.91. The maximum atomic E-state index is 5.91. The van der Waals surface area contributed by atoms with Crippen LogP contribution in [0, 0.1) is 5.92 Å². The Hall–Kier alpha value is -2.10. The average Bonchev–Trinajstić information content (AvgIpc) is 2.43. The van der Waals surface area contributed by atoms with Crippen LogP contribution in [-0.2, 0) is 6.54 Å². The first-order valence-corrected chi connectivity index (χ1v) is 7.19. The fourth-order valence-corrected chi connectivity index (χ4v) is 2.47. The summed E-state index contributed by atoms with van der Waals surface area (Å²) in [6.07, 6.45) is 5.79. The van der Waals surface area contributed by atoms with Gasteiger partial charge in [-0.05, 0) is 30.4 Å². The number of hydrogen-bond acceptors (Lipinski definition) is 2. The molecule has 0 amide bonds. The molecule has 20 heavy (non-hydrogen) atoms.